The molecule has 0 radical (unpaired) electrons. The molecule has 0 spiro atoms. The Labute approximate surface area is 183 Å². The summed E-state index contributed by atoms with van der Waals surface area (Å²) in [5, 5.41) is 3.56. The van der Waals surface area contributed by atoms with Gasteiger partial charge in [0.25, 0.3) is 0 Å². The van der Waals surface area contributed by atoms with E-state index in [9.17, 15) is 4.39 Å². The van der Waals surface area contributed by atoms with E-state index in [1.807, 2.05) is 13.8 Å². The minimum absolute atomic E-state index is 0.259. The molecule has 3 aromatic rings. The number of nitrogens with zero attached hydrogens (tertiary/aromatic N) is 3. The van der Waals surface area contributed by atoms with Crippen molar-refractivity contribution >= 4 is 11.5 Å². The molecule has 0 saturated carbocycles. The molecule has 0 saturated heterocycles. The maximum Gasteiger partial charge on any atom is 0.138 e. The van der Waals surface area contributed by atoms with Crippen molar-refractivity contribution in [3.8, 4) is 11.3 Å². The van der Waals surface area contributed by atoms with E-state index < -0.39 is 5.54 Å². The summed E-state index contributed by atoms with van der Waals surface area (Å²) in [7, 11) is 0. The highest BCUT2D eigenvalue weighted by atomic mass is 19.1. The summed E-state index contributed by atoms with van der Waals surface area (Å²) >= 11 is 0. The maximum atomic E-state index is 13.5. The molecule has 5 nitrogen and oxygen atoms in total. The van der Waals surface area contributed by atoms with Gasteiger partial charge in [0.2, 0.25) is 0 Å². The van der Waals surface area contributed by atoms with Crippen molar-refractivity contribution in [3.63, 3.8) is 0 Å². The van der Waals surface area contributed by atoms with Crippen molar-refractivity contribution in [2.75, 3.05) is 11.9 Å². The smallest absolute Gasteiger partial charge is 0.138 e. The fraction of sp³-hybridized carbons (Fsp3) is 0.320. The zero-order valence-electron chi connectivity index (χ0n) is 18.5. The number of fused-ring (bicyclic) bond motifs is 1. The Morgan fingerprint density at radius 2 is 1.81 bits per heavy atom. The van der Waals surface area contributed by atoms with Crippen molar-refractivity contribution in [3.05, 3.63) is 78.0 Å². The number of nitrogens with one attached hydrogen (secondary N) is 1. The monoisotopic (exact) mass is 419 g/mol. The normalized spacial score (nSPS) is 13.8. The van der Waals surface area contributed by atoms with Gasteiger partial charge in [-0.3, -0.25) is 0 Å². The molecule has 3 N–H and O–H groups in total. The first-order chi connectivity index (χ1) is 14.8. The third kappa shape index (κ3) is 4.35. The van der Waals surface area contributed by atoms with Gasteiger partial charge in [0.1, 0.15) is 23.2 Å². The van der Waals surface area contributed by atoms with Crippen LogP contribution in [0.4, 0.5) is 15.9 Å². The molecule has 1 aliphatic rings. The SMILES string of the molecule is C=C(N1CCn2c(nc(-c3ccc(F)cc3)c2Nc2ccc(CC)cc2)C1)C(C)(C)N. The first kappa shape index (κ1) is 21.1. The lowest BCUT2D eigenvalue weighted by molar-refractivity contribution is 0.243. The quantitative estimate of drug-likeness (QED) is 0.586. The van der Waals surface area contributed by atoms with E-state index >= 15 is 0 Å². The maximum absolute atomic E-state index is 13.5. The van der Waals surface area contributed by atoms with Gasteiger partial charge in [0, 0.05) is 35.6 Å². The van der Waals surface area contributed by atoms with Crippen molar-refractivity contribution in [1.29, 1.82) is 0 Å². The Bertz CT molecular complexity index is 1070. The highest BCUT2D eigenvalue weighted by molar-refractivity contribution is 5.76. The number of imidazole rings is 1. The average Bonchev–Trinajstić information content (AvgIpc) is 3.11. The summed E-state index contributed by atoms with van der Waals surface area (Å²) in [6.07, 6.45) is 1.00. The summed E-state index contributed by atoms with van der Waals surface area (Å²) < 4.78 is 15.7. The molecule has 0 fully saturated rings. The Hall–Kier alpha value is -3.12. The number of nitrogens with two attached hydrogens (primary N) is 1. The van der Waals surface area contributed by atoms with Crippen LogP contribution in [0.1, 0.15) is 32.2 Å². The van der Waals surface area contributed by atoms with Gasteiger partial charge in [-0.05, 0) is 62.2 Å². The summed E-state index contributed by atoms with van der Waals surface area (Å²) in [5.41, 5.74) is 10.7. The molecule has 0 amide bonds. The summed E-state index contributed by atoms with van der Waals surface area (Å²) in [4.78, 5) is 7.14. The molecule has 0 atom stereocenters. The van der Waals surface area contributed by atoms with E-state index in [1.54, 1.807) is 12.1 Å². The fourth-order valence-corrected chi connectivity index (χ4v) is 3.87. The summed E-state index contributed by atoms with van der Waals surface area (Å²) in [6.45, 7) is 12.5. The highest BCUT2D eigenvalue weighted by Crippen LogP contribution is 2.34. The number of hydrogen-bond donors (Lipinski definition) is 2. The fourth-order valence-electron chi connectivity index (χ4n) is 3.87. The average molecular weight is 420 g/mol. The van der Waals surface area contributed by atoms with Crippen LogP contribution in [-0.4, -0.2) is 26.5 Å². The van der Waals surface area contributed by atoms with Gasteiger partial charge >= 0.3 is 0 Å². The van der Waals surface area contributed by atoms with Crippen molar-refractivity contribution < 1.29 is 4.39 Å². The Balaban J connectivity index is 1.73. The predicted octanol–water partition coefficient (Wildman–Crippen LogP) is 5.06. The summed E-state index contributed by atoms with van der Waals surface area (Å²) in [6, 6.07) is 14.9. The number of hydrogen-bond acceptors (Lipinski definition) is 4. The number of anilines is 2. The second-order valence-electron chi connectivity index (χ2n) is 8.65. The van der Waals surface area contributed by atoms with Gasteiger partial charge in [-0.2, -0.15) is 0 Å². The molecule has 0 unspecified atom stereocenters. The van der Waals surface area contributed by atoms with Crippen LogP contribution in [-0.2, 0) is 19.5 Å². The Morgan fingerprint density at radius 3 is 2.42 bits per heavy atom. The zero-order chi connectivity index (χ0) is 22.2. The van der Waals surface area contributed by atoms with Gasteiger partial charge in [-0.15, -0.1) is 0 Å². The second kappa shape index (κ2) is 8.19. The van der Waals surface area contributed by atoms with E-state index in [0.717, 1.165) is 53.8 Å². The van der Waals surface area contributed by atoms with Gasteiger partial charge in [0.15, 0.2) is 0 Å². The van der Waals surface area contributed by atoms with Crippen LogP contribution in [0.15, 0.2) is 60.8 Å². The molecule has 1 aromatic heterocycles. The van der Waals surface area contributed by atoms with Crippen LogP contribution in [0.25, 0.3) is 11.3 Å². The molecule has 31 heavy (non-hydrogen) atoms. The van der Waals surface area contributed by atoms with Gasteiger partial charge < -0.3 is 20.5 Å². The molecule has 2 aromatic carbocycles. The van der Waals surface area contributed by atoms with Crippen molar-refractivity contribution in [2.45, 2.75) is 45.8 Å². The van der Waals surface area contributed by atoms with E-state index in [1.165, 1.54) is 17.7 Å². The number of aryl methyl sites for hydroxylation is 1. The van der Waals surface area contributed by atoms with E-state index in [2.05, 4.69) is 52.6 Å². The molecule has 162 valence electrons. The van der Waals surface area contributed by atoms with Crippen LogP contribution in [0, 0.1) is 5.82 Å². The van der Waals surface area contributed by atoms with Crippen molar-refractivity contribution in [2.24, 2.45) is 5.73 Å². The van der Waals surface area contributed by atoms with Crippen LogP contribution in [0.3, 0.4) is 0 Å². The predicted molar refractivity (Wildman–Crippen MR) is 125 cm³/mol. The molecule has 0 aliphatic carbocycles. The Kier molecular flexibility index (Phi) is 5.58. The standard InChI is InChI=1S/C25H30FN5/c1-5-18-6-12-21(13-7-18)28-24-23(19-8-10-20(26)11-9-19)29-22-16-30(14-15-31(22)24)17(2)25(3,4)27/h6-13,28H,2,5,14-16,27H2,1,3-4H3. The molecule has 2 heterocycles. The first-order valence-corrected chi connectivity index (χ1v) is 10.7. The zero-order valence-corrected chi connectivity index (χ0v) is 18.5. The number of benzene rings is 2. The van der Waals surface area contributed by atoms with E-state index in [0.29, 0.717) is 6.54 Å². The van der Waals surface area contributed by atoms with E-state index in [-0.39, 0.29) is 5.82 Å². The minimum atomic E-state index is -0.489. The first-order valence-electron chi connectivity index (χ1n) is 10.7. The summed E-state index contributed by atoms with van der Waals surface area (Å²) in [5.74, 6) is 1.59. The molecular weight excluding hydrogens is 389 g/mol. The lowest BCUT2D eigenvalue weighted by Gasteiger charge is -2.37. The number of halogens is 1. The van der Waals surface area contributed by atoms with Crippen LogP contribution >= 0.6 is 0 Å². The third-order valence-corrected chi connectivity index (χ3v) is 5.84. The second-order valence-corrected chi connectivity index (χ2v) is 8.65. The van der Waals surface area contributed by atoms with Crippen LogP contribution in [0.2, 0.25) is 0 Å². The van der Waals surface area contributed by atoms with Crippen molar-refractivity contribution in [1.82, 2.24) is 14.5 Å². The number of rotatable bonds is 6. The van der Waals surface area contributed by atoms with Crippen LogP contribution < -0.4 is 11.1 Å². The topological polar surface area (TPSA) is 59.1 Å². The lowest BCUT2D eigenvalue weighted by Crippen LogP contribution is -2.45. The lowest BCUT2D eigenvalue weighted by atomic mass is 10.0. The molecular formula is C25H30FN5. The third-order valence-electron chi connectivity index (χ3n) is 5.84. The molecule has 1 aliphatic heterocycles. The molecule has 4 rings (SSSR count). The van der Waals surface area contributed by atoms with E-state index in [4.69, 9.17) is 10.7 Å². The van der Waals surface area contributed by atoms with Gasteiger partial charge in [-0.1, -0.05) is 25.6 Å². The van der Waals surface area contributed by atoms with Gasteiger partial charge in [0.05, 0.1) is 6.54 Å². The molecule has 6 heteroatoms. The molecule has 0 bridgehead atoms. The van der Waals surface area contributed by atoms with Gasteiger partial charge in [-0.25, -0.2) is 9.37 Å². The highest BCUT2D eigenvalue weighted by Gasteiger charge is 2.28. The largest absolute Gasteiger partial charge is 0.365 e. The minimum Gasteiger partial charge on any atom is -0.365 e. The van der Waals surface area contributed by atoms with Crippen LogP contribution in [0.5, 0.6) is 0 Å². The number of aromatic nitrogens is 2. The Morgan fingerprint density at radius 1 is 1.13 bits per heavy atom.